The van der Waals surface area contributed by atoms with Crippen LogP contribution < -0.4 is 0 Å². The number of alkyl halides is 3. The van der Waals surface area contributed by atoms with Crippen LogP contribution in [0.25, 0.3) is 0 Å². The summed E-state index contributed by atoms with van der Waals surface area (Å²) < 4.78 is 91.0. The Morgan fingerprint density at radius 3 is 2.21 bits per heavy atom. The van der Waals surface area contributed by atoms with E-state index in [1.807, 2.05) is 0 Å². The van der Waals surface area contributed by atoms with Crippen LogP contribution in [0.3, 0.4) is 0 Å². The molecule has 1 aliphatic carbocycles. The molecule has 1 aliphatic heterocycles. The number of rotatable bonds is 4. The average molecular weight is 431 g/mol. The van der Waals surface area contributed by atoms with Gasteiger partial charge in [-0.25, -0.2) is 8.42 Å². The lowest BCUT2D eigenvalue weighted by atomic mass is 10.1. The zero-order valence-electron chi connectivity index (χ0n) is 13.7. The van der Waals surface area contributed by atoms with Crippen LogP contribution in [0, 0.1) is 18.3 Å². The number of sulfone groups is 1. The second kappa shape index (κ2) is 6.28. The third-order valence-corrected chi connectivity index (χ3v) is 6.46. The number of hydrogen-bond donors (Lipinski definition) is 0. The largest absolute Gasteiger partial charge is 0.534 e. The number of fused-ring (bicyclic) bond motifs is 1. The first-order chi connectivity index (χ1) is 12.9. The van der Waals surface area contributed by atoms with E-state index in [0.29, 0.717) is 11.6 Å². The Balaban J connectivity index is 2.21. The van der Waals surface area contributed by atoms with Crippen molar-refractivity contribution in [3.63, 3.8) is 0 Å². The minimum Gasteiger partial charge on any atom is -0.375 e. The van der Waals surface area contributed by atoms with E-state index in [0.717, 1.165) is 0 Å². The van der Waals surface area contributed by atoms with E-state index in [-0.39, 0.29) is 10.6 Å². The summed E-state index contributed by atoms with van der Waals surface area (Å²) in [4.78, 5) is -1.27. The Hall–Kier alpha value is -2.98. The highest BCUT2D eigenvalue weighted by atomic mass is 32.2. The molecule has 2 aliphatic rings. The lowest BCUT2D eigenvalue weighted by Crippen LogP contribution is -2.26. The van der Waals surface area contributed by atoms with Crippen LogP contribution in [0.2, 0.25) is 0 Å². The van der Waals surface area contributed by atoms with Gasteiger partial charge in [-0.3, -0.25) is 0 Å². The molecule has 0 amide bonds. The van der Waals surface area contributed by atoms with Crippen LogP contribution in [0.4, 0.5) is 13.2 Å². The highest BCUT2D eigenvalue weighted by Gasteiger charge is 2.51. The molecular weight excluding hydrogens is 423 g/mol. The van der Waals surface area contributed by atoms with Crippen molar-refractivity contribution in [3.05, 3.63) is 52.1 Å². The van der Waals surface area contributed by atoms with Crippen LogP contribution in [0.1, 0.15) is 5.56 Å². The molecule has 146 valence electrons. The Morgan fingerprint density at radius 2 is 1.68 bits per heavy atom. The number of aryl methyl sites for hydroxylation is 1. The third kappa shape index (κ3) is 3.10. The van der Waals surface area contributed by atoms with Crippen LogP contribution in [0.15, 0.2) is 61.7 Å². The first-order valence-corrected chi connectivity index (χ1v) is 10.1. The van der Waals surface area contributed by atoms with E-state index < -0.39 is 47.4 Å². The van der Waals surface area contributed by atoms with Gasteiger partial charge in [-0.15, -0.1) is 10.2 Å². The summed E-state index contributed by atoms with van der Waals surface area (Å²) in [6, 6.07) is 6.80. The van der Waals surface area contributed by atoms with Gasteiger partial charge < -0.3 is 4.18 Å². The zero-order chi connectivity index (χ0) is 20.9. The minimum absolute atomic E-state index is 0.297. The van der Waals surface area contributed by atoms with E-state index in [4.69, 9.17) is 5.26 Å². The molecule has 28 heavy (non-hydrogen) atoms. The summed E-state index contributed by atoms with van der Waals surface area (Å²) in [5, 5.41) is 16.0. The molecule has 0 saturated heterocycles. The van der Waals surface area contributed by atoms with Gasteiger partial charge in [0.15, 0.2) is 11.5 Å². The van der Waals surface area contributed by atoms with Crippen molar-refractivity contribution < 1.29 is 34.2 Å². The molecule has 0 unspecified atom stereocenters. The van der Waals surface area contributed by atoms with Crippen molar-refractivity contribution in [1.29, 1.82) is 5.26 Å². The van der Waals surface area contributed by atoms with Crippen molar-refractivity contribution in [1.82, 2.24) is 0 Å². The van der Waals surface area contributed by atoms with Gasteiger partial charge >= 0.3 is 15.6 Å². The monoisotopic (exact) mass is 431 g/mol. The molecule has 3 rings (SSSR count). The maximum atomic E-state index is 13.0. The minimum atomic E-state index is -6.16. The van der Waals surface area contributed by atoms with Crippen LogP contribution in [-0.2, 0) is 24.1 Å². The second-order valence-electron chi connectivity index (χ2n) is 5.56. The Kier molecular flexibility index (Phi) is 4.43. The zero-order valence-corrected chi connectivity index (χ0v) is 15.4. The van der Waals surface area contributed by atoms with Gasteiger partial charge in [0.05, 0.1) is 10.5 Å². The van der Waals surface area contributed by atoms with Gasteiger partial charge in [0.2, 0.25) is 9.84 Å². The maximum absolute atomic E-state index is 13.0. The van der Waals surface area contributed by atoms with Gasteiger partial charge in [-0.1, -0.05) is 17.7 Å². The summed E-state index contributed by atoms with van der Waals surface area (Å²) in [7, 11) is -10.7. The van der Waals surface area contributed by atoms with Gasteiger partial charge in [-0.2, -0.15) is 26.9 Å². The van der Waals surface area contributed by atoms with E-state index in [1.54, 1.807) is 13.0 Å². The summed E-state index contributed by atoms with van der Waals surface area (Å²) >= 11 is 0. The van der Waals surface area contributed by atoms with Crippen LogP contribution in [0.5, 0.6) is 0 Å². The van der Waals surface area contributed by atoms with Crippen molar-refractivity contribution in [2.24, 2.45) is 10.2 Å². The quantitative estimate of drug-likeness (QED) is 0.531. The van der Waals surface area contributed by atoms with Gasteiger partial charge in [0.1, 0.15) is 16.7 Å². The van der Waals surface area contributed by atoms with Crippen LogP contribution in [-0.4, -0.2) is 33.8 Å². The van der Waals surface area contributed by atoms with Crippen molar-refractivity contribution in [3.8, 4) is 6.07 Å². The first kappa shape index (κ1) is 19.8. The van der Waals surface area contributed by atoms with Gasteiger partial charge in [0.25, 0.3) is 0 Å². The molecule has 1 aromatic rings. The molecule has 8 nitrogen and oxygen atoms in total. The molecule has 0 spiro atoms. The van der Waals surface area contributed by atoms with E-state index in [1.165, 1.54) is 24.3 Å². The number of allylic oxidation sites excluding steroid dienone is 2. The maximum Gasteiger partial charge on any atom is 0.534 e. The smallest absolute Gasteiger partial charge is 0.375 e. The summed E-state index contributed by atoms with van der Waals surface area (Å²) in [6.07, 6.45) is 0.674. The molecule has 0 aromatic heterocycles. The topological polar surface area (TPSA) is 126 Å². The predicted octanol–water partition coefficient (Wildman–Crippen LogP) is 2.12. The molecule has 0 bridgehead atoms. The van der Waals surface area contributed by atoms with Gasteiger partial charge in [0, 0.05) is 6.08 Å². The summed E-state index contributed by atoms with van der Waals surface area (Å²) in [5.74, 6) is -1.12. The standard InChI is InChI=1S/C15H8F3N3O5S2/c1-8-2-4-9(5-3-8)27(22,23)14-12(26-28(24,25)15(16,17)18)6-10-13(14)11(7-19)21-20-10/h2-6H,1H3. The van der Waals surface area contributed by atoms with Crippen molar-refractivity contribution in [2.75, 3.05) is 0 Å². The number of hydrogen-bond acceptors (Lipinski definition) is 8. The fourth-order valence-corrected chi connectivity index (χ4v) is 4.45. The molecule has 1 heterocycles. The highest BCUT2D eigenvalue weighted by Crippen LogP contribution is 2.39. The Morgan fingerprint density at radius 1 is 1.07 bits per heavy atom. The molecule has 0 fully saturated rings. The lowest BCUT2D eigenvalue weighted by Gasteiger charge is -2.14. The summed E-state index contributed by atoms with van der Waals surface area (Å²) in [6.45, 7) is 1.68. The molecule has 0 saturated carbocycles. The molecule has 0 N–H and O–H groups in total. The predicted molar refractivity (Wildman–Crippen MR) is 90.0 cm³/mol. The van der Waals surface area contributed by atoms with Crippen molar-refractivity contribution in [2.45, 2.75) is 17.3 Å². The number of nitriles is 1. The van der Waals surface area contributed by atoms with E-state index in [2.05, 4.69) is 14.4 Å². The molecule has 0 atom stereocenters. The van der Waals surface area contributed by atoms with Gasteiger partial charge in [-0.05, 0) is 19.1 Å². The summed E-state index contributed by atoms with van der Waals surface area (Å²) in [5.41, 5.74) is -6.30. The lowest BCUT2D eigenvalue weighted by molar-refractivity contribution is -0.0519. The Bertz CT molecular complexity index is 1250. The van der Waals surface area contributed by atoms with E-state index in [9.17, 15) is 30.0 Å². The number of halogens is 3. The second-order valence-corrected chi connectivity index (χ2v) is 8.98. The normalized spacial score (nSPS) is 16.9. The number of nitrogens with zero attached hydrogens (tertiary/aromatic N) is 3. The fourth-order valence-electron chi connectivity index (χ4n) is 2.37. The fraction of sp³-hybridized carbons (Fsp3) is 0.133. The SMILES string of the molecule is Cc1ccc(S(=O)(=O)C2=C3C(C#N)=NN=C3C=C2OS(=O)(=O)C(F)(F)F)cc1. The molecule has 1 aromatic carbocycles. The molecule has 13 heteroatoms. The van der Waals surface area contributed by atoms with Crippen molar-refractivity contribution >= 4 is 31.4 Å². The first-order valence-electron chi connectivity index (χ1n) is 7.24. The third-order valence-electron chi connectivity index (χ3n) is 3.66. The number of benzene rings is 1. The van der Waals surface area contributed by atoms with Crippen LogP contribution >= 0.6 is 0 Å². The van der Waals surface area contributed by atoms with E-state index >= 15 is 0 Å². The molecule has 0 radical (unpaired) electrons. The highest BCUT2D eigenvalue weighted by molar-refractivity contribution is 7.95. The average Bonchev–Trinajstić information content (AvgIpc) is 3.11. The Labute approximate surface area is 157 Å². The molecular formula is C15H8F3N3O5S2.